The van der Waals surface area contributed by atoms with Crippen molar-refractivity contribution in [3.05, 3.63) is 34.3 Å². The van der Waals surface area contributed by atoms with Crippen molar-refractivity contribution in [2.75, 3.05) is 7.11 Å². The van der Waals surface area contributed by atoms with Gasteiger partial charge in [-0.05, 0) is 24.6 Å². The van der Waals surface area contributed by atoms with E-state index in [-0.39, 0.29) is 0 Å². The van der Waals surface area contributed by atoms with E-state index in [0.717, 1.165) is 10.0 Å². The zero-order chi connectivity index (χ0) is 11.5. The molecule has 0 saturated heterocycles. The summed E-state index contributed by atoms with van der Waals surface area (Å²) in [5, 5.41) is 0. The van der Waals surface area contributed by atoms with E-state index >= 15 is 0 Å². The highest BCUT2D eigenvalue weighted by atomic mass is 79.9. The quantitative estimate of drug-likeness (QED) is 0.855. The van der Waals surface area contributed by atoms with Crippen LogP contribution in [0.5, 0.6) is 0 Å². The van der Waals surface area contributed by atoms with Gasteiger partial charge in [0.2, 0.25) is 0 Å². The summed E-state index contributed by atoms with van der Waals surface area (Å²) in [4.78, 5) is 11.3. The Balaban J connectivity index is 2.77. The fourth-order valence-electron chi connectivity index (χ4n) is 1.33. The fraction of sp³-hybridized carbons (Fsp3) is 0.364. The molecular weight excluding hydrogens is 258 g/mol. The molecule has 0 aliphatic heterocycles. The lowest BCUT2D eigenvalue weighted by atomic mass is 9.94. The summed E-state index contributed by atoms with van der Waals surface area (Å²) >= 11 is 3.34. The van der Waals surface area contributed by atoms with Gasteiger partial charge in [-0.3, -0.25) is 4.79 Å². The minimum atomic E-state index is -0.970. The van der Waals surface area contributed by atoms with Crippen molar-refractivity contribution in [3.8, 4) is 0 Å². The van der Waals surface area contributed by atoms with Gasteiger partial charge in [0.15, 0.2) is 0 Å². The molecule has 1 rings (SSSR count). The number of nitrogens with two attached hydrogens (primary N) is 1. The Hall–Kier alpha value is -0.870. The second-order valence-corrected chi connectivity index (χ2v) is 4.63. The molecule has 3 nitrogen and oxygen atoms in total. The number of carbonyl (C=O) groups excluding carboxylic acids is 1. The van der Waals surface area contributed by atoms with E-state index < -0.39 is 11.5 Å². The van der Waals surface area contributed by atoms with Crippen molar-refractivity contribution in [2.24, 2.45) is 5.73 Å². The van der Waals surface area contributed by atoms with Gasteiger partial charge >= 0.3 is 5.97 Å². The third kappa shape index (κ3) is 3.32. The predicted molar refractivity (Wildman–Crippen MR) is 62.5 cm³/mol. The minimum Gasteiger partial charge on any atom is -0.468 e. The normalized spacial score (nSPS) is 14.4. The van der Waals surface area contributed by atoms with Crippen LogP contribution in [0.25, 0.3) is 0 Å². The molecule has 0 fully saturated rings. The van der Waals surface area contributed by atoms with E-state index in [9.17, 15) is 4.79 Å². The highest BCUT2D eigenvalue weighted by molar-refractivity contribution is 9.10. The van der Waals surface area contributed by atoms with E-state index in [1.165, 1.54) is 7.11 Å². The van der Waals surface area contributed by atoms with E-state index in [1.807, 2.05) is 24.3 Å². The standard InChI is InChI=1S/C11H14BrNO2/c1-11(13,10(14)15-2)7-8-3-5-9(12)6-4-8/h3-6H,7,13H2,1-2H3/t11-/m1/s1. The summed E-state index contributed by atoms with van der Waals surface area (Å²) in [5.74, 6) is -0.398. The number of rotatable bonds is 3. The first kappa shape index (κ1) is 12.2. The monoisotopic (exact) mass is 271 g/mol. The Morgan fingerprint density at radius 1 is 1.47 bits per heavy atom. The van der Waals surface area contributed by atoms with Crippen molar-refractivity contribution < 1.29 is 9.53 Å². The zero-order valence-electron chi connectivity index (χ0n) is 8.79. The Morgan fingerprint density at radius 2 is 2.00 bits per heavy atom. The van der Waals surface area contributed by atoms with Gasteiger partial charge in [0, 0.05) is 10.9 Å². The third-order valence-electron chi connectivity index (χ3n) is 2.14. The highest BCUT2D eigenvalue weighted by Gasteiger charge is 2.29. The molecule has 0 amide bonds. The summed E-state index contributed by atoms with van der Waals surface area (Å²) in [7, 11) is 1.34. The number of benzene rings is 1. The van der Waals surface area contributed by atoms with Gasteiger partial charge in [-0.2, -0.15) is 0 Å². The molecule has 0 spiro atoms. The molecule has 0 bridgehead atoms. The molecule has 4 heteroatoms. The summed E-state index contributed by atoms with van der Waals surface area (Å²) in [6.07, 6.45) is 0.465. The Morgan fingerprint density at radius 3 is 2.47 bits per heavy atom. The average Bonchev–Trinajstić information content (AvgIpc) is 2.20. The Bertz CT molecular complexity index is 346. The lowest BCUT2D eigenvalue weighted by molar-refractivity contribution is -0.146. The van der Waals surface area contributed by atoms with Crippen LogP contribution in [0, 0.1) is 0 Å². The van der Waals surface area contributed by atoms with Crippen molar-refractivity contribution in [2.45, 2.75) is 18.9 Å². The van der Waals surface area contributed by atoms with Gasteiger partial charge in [0.1, 0.15) is 5.54 Å². The van der Waals surface area contributed by atoms with E-state index in [4.69, 9.17) is 5.73 Å². The van der Waals surface area contributed by atoms with Crippen LogP contribution >= 0.6 is 15.9 Å². The molecule has 0 saturated carbocycles. The molecule has 0 heterocycles. The molecule has 0 aliphatic rings. The first-order valence-electron chi connectivity index (χ1n) is 4.57. The van der Waals surface area contributed by atoms with Gasteiger partial charge in [-0.15, -0.1) is 0 Å². The number of methoxy groups -OCH3 is 1. The van der Waals surface area contributed by atoms with Crippen LogP contribution in [0.2, 0.25) is 0 Å². The minimum absolute atomic E-state index is 0.398. The van der Waals surface area contributed by atoms with E-state index in [2.05, 4.69) is 20.7 Å². The van der Waals surface area contributed by atoms with Crippen LogP contribution < -0.4 is 5.73 Å². The smallest absolute Gasteiger partial charge is 0.325 e. The van der Waals surface area contributed by atoms with Crippen LogP contribution in [-0.4, -0.2) is 18.6 Å². The summed E-state index contributed by atoms with van der Waals surface area (Å²) in [5.41, 5.74) is 5.89. The third-order valence-corrected chi connectivity index (χ3v) is 2.66. The molecule has 0 aromatic heterocycles. The predicted octanol–water partition coefficient (Wildman–Crippen LogP) is 1.88. The van der Waals surface area contributed by atoms with Crippen LogP contribution in [0.4, 0.5) is 0 Å². The number of hydrogen-bond donors (Lipinski definition) is 1. The second kappa shape index (κ2) is 4.77. The molecule has 1 aromatic carbocycles. The maximum Gasteiger partial charge on any atom is 0.325 e. The van der Waals surface area contributed by atoms with Crippen LogP contribution in [0.3, 0.4) is 0 Å². The topological polar surface area (TPSA) is 52.3 Å². The zero-order valence-corrected chi connectivity index (χ0v) is 10.4. The van der Waals surface area contributed by atoms with Gasteiger partial charge < -0.3 is 10.5 Å². The molecule has 0 radical (unpaired) electrons. The molecule has 2 N–H and O–H groups in total. The summed E-state index contributed by atoms with van der Waals surface area (Å²) in [6, 6.07) is 7.70. The van der Waals surface area contributed by atoms with E-state index in [1.54, 1.807) is 6.92 Å². The maximum atomic E-state index is 11.3. The molecule has 1 aromatic rings. The molecule has 0 aliphatic carbocycles. The van der Waals surface area contributed by atoms with Crippen molar-refractivity contribution in [3.63, 3.8) is 0 Å². The van der Waals surface area contributed by atoms with Gasteiger partial charge in [-0.1, -0.05) is 28.1 Å². The van der Waals surface area contributed by atoms with Crippen LogP contribution in [0.15, 0.2) is 28.7 Å². The van der Waals surface area contributed by atoms with Crippen molar-refractivity contribution in [1.29, 1.82) is 0 Å². The molecular formula is C11H14BrNO2. The lowest BCUT2D eigenvalue weighted by Gasteiger charge is -2.21. The molecule has 0 unspecified atom stereocenters. The van der Waals surface area contributed by atoms with Crippen molar-refractivity contribution >= 4 is 21.9 Å². The van der Waals surface area contributed by atoms with Crippen molar-refractivity contribution in [1.82, 2.24) is 0 Å². The molecule has 82 valence electrons. The van der Waals surface area contributed by atoms with Crippen LogP contribution in [0.1, 0.15) is 12.5 Å². The number of carbonyl (C=O) groups is 1. The second-order valence-electron chi connectivity index (χ2n) is 3.71. The first-order chi connectivity index (χ1) is 6.95. The number of hydrogen-bond acceptors (Lipinski definition) is 3. The van der Waals surface area contributed by atoms with Gasteiger partial charge in [-0.25, -0.2) is 0 Å². The SMILES string of the molecule is COC(=O)[C@](C)(N)Cc1ccc(Br)cc1. The number of esters is 1. The Kier molecular flexibility index (Phi) is 3.88. The Labute approximate surface area is 97.7 Å². The largest absolute Gasteiger partial charge is 0.468 e. The number of halogens is 1. The maximum absolute atomic E-state index is 11.3. The van der Waals surface area contributed by atoms with Gasteiger partial charge in [0.25, 0.3) is 0 Å². The average molecular weight is 272 g/mol. The summed E-state index contributed by atoms with van der Waals surface area (Å²) in [6.45, 7) is 1.67. The lowest BCUT2D eigenvalue weighted by Crippen LogP contribution is -2.47. The van der Waals surface area contributed by atoms with Gasteiger partial charge in [0.05, 0.1) is 7.11 Å². The molecule has 15 heavy (non-hydrogen) atoms. The highest BCUT2D eigenvalue weighted by Crippen LogP contribution is 2.15. The number of ether oxygens (including phenoxy) is 1. The molecule has 1 atom stereocenters. The first-order valence-corrected chi connectivity index (χ1v) is 5.37. The van der Waals surface area contributed by atoms with Crippen LogP contribution in [-0.2, 0) is 16.0 Å². The summed E-state index contributed by atoms with van der Waals surface area (Å²) < 4.78 is 5.64. The van der Waals surface area contributed by atoms with E-state index in [0.29, 0.717) is 6.42 Å². The fourth-order valence-corrected chi connectivity index (χ4v) is 1.60.